The summed E-state index contributed by atoms with van der Waals surface area (Å²) < 4.78 is 0. The van der Waals surface area contributed by atoms with Gasteiger partial charge >= 0.3 is 0 Å². The van der Waals surface area contributed by atoms with Crippen LogP contribution in [0.1, 0.15) is 12.0 Å². The van der Waals surface area contributed by atoms with Crippen molar-refractivity contribution in [2.75, 3.05) is 54.1 Å². The molecule has 6 heteroatoms. The van der Waals surface area contributed by atoms with Crippen LogP contribution in [0.15, 0.2) is 12.1 Å². The lowest BCUT2D eigenvalue weighted by atomic mass is 10.0. The Kier molecular flexibility index (Phi) is 4.55. The van der Waals surface area contributed by atoms with Crippen molar-refractivity contribution in [3.05, 3.63) is 17.7 Å². The van der Waals surface area contributed by atoms with Gasteiger partial charge < -0.3 is 16.4 Å². The normalized spacial score (nSPS) is 19.0. The molecule has 1 amide bonds. The van der Waals surface area contributed by atoms with Gasteiger partial charge in [0.25, 0.3) is 0 Å². The molecule has 3 rings (SSSR count). The molecular formula is C15H22N4OS. The van der Waals surface area contributed by atoms with Crippen LogP contribution in [0.4, 0.5) is 17.1 Å². The monoisotopic (exact) mass is 306 g/mol. The van der Waals surface area contributed by atoms with Crippen LogP contribution >= 0.6 is 11.8 Å². The summed E-state index contributed by atoms with van der Waals surface area (Å²) in [6.07, 6.45) is 1.32. The van der Waals surface area contributed by atoms with E-state index in [0.29, 0.717) is 6.42 Å². The van der Waals surface area contributed by atoms with E-state index in [0.717, 1.165) is 42.1 Å². The van der Waals surface area contributed by atoms with Crippen molar-refractivity contribution >= 4 is 34.7 Å². The molecule has 21 heavy (non-hydrogen) atoms. The van der Waals surface area contributed by atoms with Crippen LogP contribution < -0.4 is 16.4 Å². The third-order valence-corrected chi connectivity index (χ3v) is 4.96. The molecule has 0 bridgehead atoms. The molecule has 1 fully saturated rings. The van der Waals surface area contributed by atoms with E-state index in [1.54, 1.807) is 0 Å². The topological polar surface area (TPSA) is 70.4 Å². The average molecular weight is 306 g/mol. The van der Waals surface area contributed by atoms with Gasteiger partial charge in [0.15, 0.2) is 0 Å². The summed E-state index contributed by atoms with van der Waals surface area (Å²) in [7, 11) is 0. The first kappa shape index (κ1) is 14.5. The molecule has 0 unspecified atom stereocenters. The van der Waals surface area contributed by atoms with Crippen molar-refractivity contribution in [1.82, 2.24) is 4.90 Å². The van der Waals surface area contributed by atoms with E-state index in [1.807, 2.05) is 23.9 Å². The fourth-order valence-electron chi connectivity index (χ4n) is 2.77. The molecule has 0 aromatic heterocycles. The van der Waals surface area contributed by atoms with Crippen LogP contribution in [-0.2, 0) is 11.2 Å². The van der Waals surface area contributed by atoms with Gasteiger partial charge in [-0.1, -0.05) is 0 Å². The van der Waals surface area contributed by atoms with Crippen molar-refractivity contribution < 1.29 is 4.79 Å². The summed E-state index contributed by atoms with van der Waals surface area (Å²) in [5, 5.41) is 6.32. The van der Waals surface area contributed by atoms with E-state index >= 15 is 0 Å². The van der Waals surface area contributed by atoms with Crippen LogP contribution in [0, 0.1) is 0 Å². The molecule has 0 aliphatic carbocycles. The lowest BCUT2D eigenvalue weighted by Crippen LogP contribution is -2.36. The van der Waals surface area contributed by atoms with Crippen LogP contribution in [0.3, 0.4) is 0 Å². The highest BCUT2D eigenvalue weighted by molar-refractivity contribution is 7.99. The van der Waals surface area contributed by atoms with Crippen LogP contribution in [0.2, 0.25) is 0 Å². The van der Waals surface area contributed by atoms with Gasteiger partial charge in [0.1, 0.15) is 0 Å². The predicted molar refractivity (Wildman–Crippen MR) is 90.1 cm³/mol. The number of nitrogens with two attached hydrogens (primary N) is 1. The molecule has 5 nitrogen and oxygen atoms in total. The quantitative estimate of drug-likeness (QED) is 0.737. The summed E-state index contributed by atoms with van der Waals surface area (Å²) >= 11 is 2.02. The van der Waals surface area contributed by atoms with Gasteiger partial charge in [0, 0.05) is 49.8 Å². The van der Waals surface area contributed by atoms with Crippen LogP contribution in [0.25, 0.3) is 0 Å². The van der Waals surface area contributed by atoms with Crippen molar-refractivity contribution in [3.63, 3.8) is 0 Å². The van der Waals surface area contributed by atoms with Crippen LogP contribution in [-0.4, -0.2) is 48.5 Å². The Balaban J connectivity index is 1.59. The van der Waals surface area contributed by atoms with E-state index in [1.165, 1.54) is 24.6 Å². The van der Waals surface area contributed by atoms with Crippen molar-refractivity contribution in [2.24, 2.45) is 0 Å². The molecular weight excluding hydrogens is 284 g/mol. The molecule has 1 aromatic rings. The fourth-order valence-corrected chi connectivity index (χ4v) is 3.75. The Labute approximate surface area is 129 Å². The minimum Gasteiger partial charge on any atom is -0.397 e. The second-order valence-corrected chi connectivity index (χ2v) is 6.75. The van der Waals surface area contributed by atoms with E-state index in [4.69, 9.17) is 5.73 Å². The largest absolute Gasteiger partial charge is 0.397 e. The number of anilines is 3. The zero-order chi connectivity index (χ0) is 14.7. The highest BCUT2D eigenvalue weighted by atomic mass is 32.2. The molecule has 4 N–H and O–H groups in total. The van der Waals surface area contributed by atoms with E-state index < -0.39 is 0 Å². The number of aryl methyl sites for hydroxylation is 1. The van der Waals surface area contributed by atoms with Gasteiger partial charge in [-0.05, 0) is 24.1 Å². The van der Waals surface area contributed by atoms with Crippen molar-refractivity contribution in [2.45, 2.75) is 12.8 Å². The zero-order valence-corrected chi connectivity index (χ0v) is 13.0. The summed E-state index contributed by atoms with van der Waals surface area (Å²) in [5.41, 5.74) is 9.82. The number of hydrogen-bond acceptors (Lipinski definition) is 5. The zero-order valence-electron chi connectivity index (χ0n) is 12.2. The van der Waals surface area contributed by atoms with E-state index in [9.17, 15) is 4.79 Å². The number of carbonyl (C=O) groups excluding carboxylic acids is 1. The molecule has 1 aromatic carbocycles. The van der Waals surface area contributed by atoms with Crippen molar-refractivity contribution in [1.29, 1.82) is 0 Å². The highest BCUT2D eigenvalue weighted by Crippen LogP contribution is 2.30. The minimum absolute atomic E-state index is 0.0871. The number of nitrogens with zero attached hydrogens (tertiary/aromatic N) is 1. The van der Waals surface area contributed by atoms with E-state index in [-0.39, 0.29) is 5.91 Å². The molecule has 2 aliphatic heterocycles. The first-order valence-electron chi connectivity index (χ1n) is 7.48. The minimum atomic E-state index is 0.0871. The maximum absolute atomic E-state index is 11.5. The second kappa shape index (κ2) is 6.58. The number of fused-ring (bicyclic) bond motifs is 1. The number of rotatable bonds is 4. The lowest BCUT2D eigenvalue weighted by Gasteiger charge is -2.26. The molecule has 0 spiro atoms. The number of benzene rings is 1. The maximum Gasteiger partial charge on any atom is 0.224 e. The van der Waals surface area contributed by atoms with Gasteiger partial charge in [0.05, 0.1) is 11.4 Å². The Morgan fingerprint density at radius 2 is 2.10 bits per heavy atom. The fraction of sp³-hybridized carbons (Fsp3) is 0.533. The highest BCUT2D eigenvalue weighted by Gasteiger charge is 2.16. The first-order chi connectivity index (χ1) is 10.2. The standard InChI is InChI=1S/C15H22N4OS/c16-12-9-11-1-2-15(20)18-13(11)10-14(12)17-3-4-19-5-7-21-8-6-19/h9-10,17H,1-8,16H2,(H,18,20). The molecule has 0 atom stereocenters. The second-order valence-electron chi connectivity index (χ2n) is 5.53. The summed E-state index contributed by atoms with van der Waals surface area (Å²) in [6, 6.07) is 3.95. The number of carbonyl (C=O) groups is 1. The summed E-state index contributed by atoms with van der Waals surface area (Å²) in [4.78, 5) is 13.9. The number of thioether (sulfide) groups is 1. The van der Waals surface area contributed by atoms with E-state index in [2.05, 4.69) is 15.5 Å². The third kappa shape index (κ3) is 3.63. The summed E-state index contributed by atoms with van der Waals surface area (Å²) in [5.74, 6) is 2.55. The van der Waals surface area contributed by atoms with Gasteiger partial charge in [-0.25, -0.2) is 0 Å². The molecule has 0 radical (unpaired) electrons. The van der Waals surface area contributed by atoms with Gasteiger partial charge in [-0.3, -0.25) is 9.69 Å². The molecule has 2 heterocycles. The van der Waals surface area contributed by atoms with Crippen LogP contribution in [0.5, 0.6) is 0 Å². The number of amides is 1. The SMILES string of the molecule is Nc1cc2c(cc1NCCN1CCSCC1)NC(=O)CC2. The Hall–Kier alpha value is -1.40. The third-order valence-electron chi connectivity index (χ3n) is 4.02. The molecule has 0 saturated carbocycles. The Morgan fingerprint density at radius 3 is 2.90 bits per heavy atom. The van der Waals surface area contributed by atoms with Gasteiger partial charge in [0.2, 0.25) is 5.91 Å². The number of hydrogen-bond donors (Lipinski definition) is 3. The molecule has 2 aliphatic rings. The predicted octanol–water partition coefficient (Wildman–Crippen LogP) is 1.61. The van der Waals surface area contributed by atoms with Gasteiger partial charge in [-0.2, -0.15) is 11.8 Å². The first-order valence-corrected chi connectivity index (χ1v) is 8.64. The Bertz CT molecular complexity index is 529. The number of nitrogen functional groups attached to an aromatic ring is 1. The van der Waals surface area contributed by atoms with Crippen molar-refractivity contribution in [3.8, 4) is 0 Å². The molecule has 114 valence electrons. The number of nitrogens with one attached hydrogen (secondary N) is 2. The average Bonchev–Trinajstić information content (AvgIpc) is 2.49. The molecule has 1 saturated heterocycles. The summed E-state index contributed by atoms with van der Waals surface area (Å²) in [6.45, 7) is 4.25. The van der Waals surface area contributed by atoms with Gasteiger partial charge in [-0.15, -0.1) is 0 Å². The Morgan fingerprint density at radius 1 is 1.29 bits per heavy atom. The smallest absolute Gasteiger partial charge is 0.224 e. The maximum atomic E-state index is 11.5. The lowest BCUT2D eigenvalue weighted by molar-refractivity contribution is -0.116.